The Morgan fingerprint density at radius 1 is 1.50 bits per heavy atom. The first-order chi connectivity index (χ1) is 8.37. The van der Waals surface area contributed by atoms with E-state index in [1.807, 2.05) is 0 Å². The zero-order valence-corrected chi connectivity index (χ0v) is 12.9. The maximum Gasteiger partial charge on any atom is 0.251 e. The number of nitrogens with one attached hydrogen (secondary N) is 1. The van der Waals surface area contributed by atoms with E-state index in [0.717, 1.165) is 17.3 Å². The summed E-state index contributed by atoms with van der Waals surface area (Å²) in [5, 5.41) is 3.65. The molecule has 2 rings (SSSR count). The third kappa shape index (κ3) is 3.27. The number of benzene rings is 1. The Bertz CT molecular complexity index is 473. The van der Waals surface area contributed by atoms with E-state index in [0.29, 0.717) is 16.0 Å². The molecule has 0 saturated heterocycles. The zero-order chi connectivity index (χ0) is 13.3. The quantitative estimate of drug-likeness (QED) is 0.855. The van der Waals surface area contributed by atoms with Crippen molar-refractivity contribution in [2.24, 2.45) is 5.41 Å². The molecule has 1 fully saturated rings. The molecular weight excluding hydrogens is 314 g/mol. The Kier molecular flexibility index (Phi) is 4.02. The monoisotopic (exact) mass is 329 g/mol. The van der Waals surface area contributed by atoms with Gasteiger partial charge in [0.25, 0.3) is 5.91 Å². The van der Waals surface area contributed by atoms with Gasteiger partial charge in [-0.1, -0.05) is 25.4 Å². The number of carbonyl (C=O) groups is 1. The summed E-state index contributed by atoms with van der Waals surface area (Å²) in [6, 6.07) is 5.57. The minimum Gasteiger partial charge on any atom is -0.349 e. The Morgan fingerprint density at radius 2 is 2.22 bits per heavy atom. The third-order valence-electron chi connectivity index (χ3n) is 3.49. The number of rotatable bonds is 2. The molecule has 1 aromatic rings. The van der Waals surface area contributed by atoms with Crippen molar-refractivity contribution in [3.8, 4) is 0 Å². The molecule has 0 spiro atoms. The molecule has 1 amide bonds. The van der Waals surface area contributed by atoms with Gasteiger partial charge in [0.2, 0.25) is 0 Å². The van der Waals surface area contributed by atoms with Gasteiger partial charge in [-0.2, -0.15) is 0 Å². The van der Waals surface area contributed by atoms with Gasteiger partial charge >= 0.3 is 0 Å². The summed E-state index contributed by atoms with van der Waals surface area (Å²) in [6.07, 6.45) is 3.27. The van der Waals surface area contributed by atoms with Crippen LogP contribution >= 0.6 is 27.5 Å². The fraction of sp³-hybridized carbons (Fsp3) is 0.500. The van der Waals surface area contributed by atoms with Crippen molar-refractivity contribution in [3.05, 3.63) is 33.3 Å². The van der Waals surface area contributed by atoms with Crippen molar-refractivity contribution in [1.29, 1.82) is 0 Å². The van der Waals surface area contributed by atoms with E-state index in [1.165, 1.54) is 6.42 Å². The summed E-state index contributed by atoms with van der Waals surface area (Å²) in [6.45, 7) is 4.49. The first kappa shape index (κ1) is 13.9. The van der Waals surface area contributed by atoms with Gasteiger partial charge in [0, 0.05) is 16.1 Å². The second kappa shape index (κ2) is 5.22. The molecule has 1 aromatic carbocycles. The summed E-state index contributed by atoms with van der Waals surface area (Å²) in [5.41, 5.74) is 0.961. The lowest BCUT2D eigenvalue weighted by molar-refractivity contribution is 0.0936. The average molecular weight is 331 g/mol. The van der Waals surface area contributed by atoms with Gasteiger partial charge in [0.15, 0.2) is 0 Å². The summed E-state index contributed by atoms with van der Waals surface area (Å²) < 4.78 is 0.808. The largest absolute Gasteiger partial charge is 0.349 e. The SMILES string of the molecule is CC1(C)CCC(NC(=O)c2ccc(Br)c(Cl)c2)C1. The van der Waals surface area contributed by atoms with Crippen LogP contribution in [0.4, 0.5) is 0 Å². The lowest BCUT2D eigenvalue weighted by Gasteiger charge is -2.18. The smallest absolute Gasteiger partial charge is 0.251 e. The van der Waals surface area contributed by atoms with Gasteiger partial charge in [-0.25, -0.2) is 0 Å². The van der Waals surface area contributed by atoms with Crippen molar-refractivity contribution in [2.45, 2.75) is 39.2 Å². The van der Waals surface area contributed by atoms with E-state index in [-0.39, 0.29) is 11.9 Å². The fourth-order valence-corrected chi connectivity index (χ4v) is 2.89. The molecule has 1 saturated carbocycles. The zero-order valence-electron chi connectivity index (χ0n) is 10.6. The Hall–Kier alpha value is -0.540. The minimum atomic E-state index is -0.0351. The lowest BCUT2D eigenvalue weighted by Crippen LogP contribution is -2.33. The maximum atomic E-state index is 12.1. The Labute approximate surface area is 121 Å². The number of halogens is 2. The Balaban J connectivity index is 2.02. The minimum absolute atomic E-state index is 0.0351. The van der Waals surface area contributed by atoms with E-state index >= 15 is 0 Å². The highest BCUT2D eigenvalue weighted by molar-refractivity contribution is 9.10. The molecule has 1 aliphatic carbocycles. The van der Waals surface area contributed by atoms with Crippen molar-refractivity contribution in [2.75, 3.05) is 0 Å². The molecule has 0 heterocycles. The van der Waals surface area contributed by atoms with Gasteiger partial charge in [0.05, 0.1) is 5.02 Å². The summed E-state index contributed by atoms with van der Waals surface area (Å²) in [7, 11) is 0. The topological polar surface area (TPSA) is 29.1 Å². The van der Waals surface area contributed by atoms with Crippen LogP contribution in [0.15, 0.2) is 22.7 Å². The van der Waals surface area contributed by atoms with E-state index in [9.17, 15) is 4.79 Å². The summed E-state index contributed by atoms with van der Waals surface area (Å²) in [5.74, 6) is -0.0351. The van der Waals surface area contributed by atoms with Crippen LogP contribution in [0.1, 0.15) is 43.5 Å². The molecule has 0 bridgehead atoms. The van der Waals surface area contributed by atoms with Crippen LogP contribution in [0.25, 0.3) is 0 Å². The van der Waals surface area contributed by atoms with Crippen LogP contribution in [0.3, 0.4) is 0 Å². The predicted octanol–water partition coefficient (Wildman–Crippen LogP) is 4.41. The summed E-state index contributed by atoms with van der Waals surface area (Å²) in [4.78, 5) is 12.1. The predicted molar refractivity (Wildman–Crippen MR) is 78.0 cm³/mol. The third-order valence-corrected chi connectivity index (χ3v) is 4.72. The fourth-order valence-electron chi connectivity index (χ4n) is 2.47. The molecule has 4 heteroatoms. The van der Waals surface area contributed by atoms with Gasteiger partial charge in [-0.05, 0) is 58.8 Å². The molecule has 0 radical (unpaired) electrons. The highest BCUT2D eigenvalue weighted by Gasteiger charge is 2.31. The standard InChI is InChI=1S/C14H17BrClNO/c1-14(2)6-5-10(8-14)17-13(18)9-3-4-11(15)12(16)7-9/h3-4,7,10H,5-6,8H2,1-2H3,(H,17,18). The van der Waals surface area contributed by atoms with Crippen LogP contribution in [-0.4, -0.2) is 11.9 Å². The van der Waals surface area contributed by atoms with Gasteiger partial charge in [-0.3, -0.25) is 4.79 Å². The van der Waals surface area contributed by atoms with Crippen LogP contribution in [-0.2, 0) is 0 Å². The van der Waals surface area contributed by atoms with Gasteiger partial charge in [-0.15, -0.1) is 0 Å². The van der Waals surface area contributed by atoms with Crippen LogP contribution in [0.2, 0.25) is 5.02 Å². The van der Waals surface area contributed by atoms with Gasteiger partial charge in [0.1, 0.15) is 0 Å². The lowest BCUT2D eigenvalue weighted by atomic mass is 9.92. The molecule has 0 aromatic heterocycles. The summed E-state index contributed by atoms with van der Waals surface area (Å²) >= 11 is 9.31. The molecule has 1 aliphatic rings. The molecule has 0 aliphatic heterocycles. The highest BCUT2D eigenvalue weighted by Crippen LogP contribution is 2.37. The van der Waals surface area contributed by atoms with Crippen LogP contribution in [0, 0.1) is 5.41 Å². The second-order valence-electron chi connectivity index (χ2n) is 5.71. The van der Waals surface area contributed by atoms with Gasteiger partial charge < -0.3 is 5.32 Å². The normalized spacial score (nSPS) is 21.9. The number of amides is 1. The van der Waals surface area contributed by atoms with Crippen molar-refractivity contribution < 1.29 is 4.79 Å². The average Bonchev–Trinajstić information content (AvgIpc) is 2.62. The van der Waals surface area contributed by atoms with E-state index in [1.54, 1.807) is 18.2 Å². The van der Waals surface area contributed by atoms with Crippen molar-refractivity contribution >= 4 is 33.4 Å². The molecule has 98 valence electrons. The van der Waals surface area contributed by atoms with E-state index < -0.39 is 0 Å². The first-order valence-electron chi connectivity index (χ1n) is 6.13. The number of hydrogen-bond donors (Lipinski definition) is 1. The molecular formula is C14H17BrClNO. The van der Waals surface area contributed by atoms with Crippen molar-refractivity contribution in [1.82, 2.24) is 5.32 Å². The number of hydrogen-bond acceptors (Lipinski definition) is 1. The molecule has 1 atom stereocenters. The van der Waals surface area contributed by atoms with E-state index in [4.69, 9.17) is 11.6 Å². The molecule has 2 nitrogen and oxygen atoms in total. The molecule has 1 N–H and O–H groups in total. The van der Waals surface area contributed by atoms with Crippen LogP contribution in [0.5, 0.6) is 0 Å². The molecule has 1 unspecified atom stereocenters. The first-order valence-corrected chi connectivity index (χ1v) is 7.30. The second-order valence-corrected chi connectivity index (χ2v) is 6.97. The van der Waals surface area contributed by atoms with Crippen LogP contribution < -0.4 is 5.32 Å². The molecule has 18 heavy (non-hydrogen) atoms. The van der Waals surface area contributed by atoms with E-state index in [2.05, 4.69) is 35.1 Å². The van der Waals surface area contributed by atoms with Crippen molar-refractivity contribution in [3.63, 3.8) is 0 Å². The highest BCUT2D eigenvalue weighted by atomic mass is 79.9. The number of carbonyl (C=O) groups excluding carboxylic acids is 1. The Morgan fingerprint density at radius 3 is 2.78 bits per heavy atom. The maximum absolute atomic E-state index is 12.1.